The van der Waals surface area contributed by atoms with Gasteiger partial charge < -0.3 is 8.83 Å². The fraction of sp³-hybridized carbons (Fsp3) is 0. The van der Waals surface area contributed by atoms with E-state index < -0.39 is 0 Å². The molecule has 12 heteroatoms. The molecule has 0 aliphatic carbocycles. The van der Waals surface area contributed by atoms with Crippen molar-refractivity contribution in [2.45, 2.75) is 0 Å². The van der Waals surface area contributed by atoms with Gasteiger partial charge in [0.1, 0.15) is 55.8 Å². The highest BCUT2D eigenvalue weighted by atomic mass is 16.3. The van der Waals surface area contributed by atoms with Crippen LogP contribution in [0.3, 0.4) is 0 Å². The maximum atomic E-state index is 6.77. The van der Waals surface area contributed by atoms with Crippen LogP contribution >= 0.6 is 0 Å². The fourth-order valence-corrected chi connectivity index (χ4v) is 14.2. The highest BCUT2D eigenvalue weighted by molar-refractivity contribution is 6.20. The standard InChI is InChI=1S/C80H44N10O2/c1-2-11-45(12-3-1)52-27-31-64-60(38-52)61-37-48-13-4-6-15-50(48)41-66(61)89(64)79-77-76(82-34-35-83-77)74(86-87-79)55-26-30-59-58-29-25-53(43-70(58)92-71(59)44-55)46-21-23-47(24-22-46)56-18-10-19-65-72(56)63-39-49-14-5-7-16-51(49)42-67(63)90(65)80-78-75(81-33-36-84-78)73(85-88-80)54-28-32-69-62(40-54)57-17-8-9-20-68(57)91-69/h1-44H. The van der Waals surface area contributed by atoms with Crippen LogP contribution in [-0.4, -0.2) is 49.5 Å². The van der Waals surface area contributed by atoms with Crippen molar-refractivity contribution >= 4 is 131 Å². The Morgan fingerprint density at radius 1 is 0.250 bits per heavy atom. The molecule has 8 aromatic heterocycles. The van der Waals surface area contributed by atoms with Gasteiger partial charge in [0.05, 0.1) is 22.1 Å². The second-order valence-electron chi connectivity index (χ2n) is 23.6. The lowest BCUT2D eigenvalue weighted by atomic mass is 9.96. The zero-order chi connectivity index (χ0) is 60.1. The fourth-order valence-electron chi connectivity index (χ4n) is 14.2. The molecule has 0 radical (unpaired) electrons. The first-order valence-electron chi connectivity index (χ1n) is 30.5. The van der Waals surface area contributed by atoms with Gasteiger partial charge in [-0.25, -0.2) is 9.97 Å². The summed E-state index contributed by atoms with van der Waals surface area (Å²) in [5, 5.41) is 33.1. The second kappa shape index (κ2) is 19.3. The third-order valence-electron chi connectivity index (χ3n) is 18.5. The van der Waals surface area contributed by atoms with E-state index in [-0.39, 0.29) is 0 Å². The number of hydrogen-bond acceptors (Lipinski definition) is 10. The molecular weight excluding hydrogens is 1130 g/mol. The number of fused-ring (bicyclic) bond motifs is 16. The van der Waals surface area contributed by atoms with Crippen molar-refractivity contribution in [1.82, 2.24) is 49.5 Å². The molecule has 92 heavy (non-hydrogen) atoms. The van der Waals surface area contributed by atoms with Crippen LogP contribution in [0.5, 0.6) is 0 Å². The maximum Gasteiger partial charge on any atom is 0.188 e. The molecule has 8 heterocycles. The summed E-state index contributed by atoms with van der Waals surface area (Å²) in [5.41, 5.74) is 19.3. The van der Waals surface area contributed by atoms with E-state index in [0.29, 0.717) is 45.1 Å². The van der Waals surface area contributed by atoms with Crippen LogP contribution in [0.4, 0.5) is 0 Å². The summed E-state index contributed by atoms with van der Waals surface area (Å²) in [6, 6.07) is 85.3. The van der Waals surface area contributed by atoms with Crippen LogP contribution in [0.25, 0.3) is 199 Å². The highest BCUT2D eigenvalue weighted by Crippen LogP contribution is 2.44. The average molecular weight is 1180 g/mol. The minimum absolute atomic E-state index is 0.598. The highest BCUT2D eigenvalue weighted by Gasteiger charge is 2.25. The molecule has 20 rings (SSSR count). The van der Waals surface area contributed by atoms with Crippen LogP contribution in [0, 0.1) is 0 Å². The summed E-state index contributed by atoms with van der Waals surface area (Å²) in [6.45, 7) is 0. The van der Waals surface area contributed by atoms with Crippen LogP contribution in [-0.2, 0) is 0 Å². The van der Waals surface area contributed by atoms with Crippen molar-refractivity contribution in [1.29, 1.82) is 0 Å². The van der Waals surface area contributed by atoms with Crippen molar-refractivity contribution in [3.05, 3.63) is 267 Å². The first-order valence-corrected chi connectivity index (χ1v) is 30.5. The molecule has 0 bridgehead atoms. The van der Waals surface area contributed by atoms with Crippen molar-refractivity contribution in [2.24, 2.45) is 0 Å². The lowest BCUT2D eigenvalue weighted by Crippen LogP contribution is -2.04. The quantitative estimate of drug-likeness (QED) is 0.151. The summed E-state index contributed by atoms with van der Waals surface area (Å²) in [4.78, 5) is 19.9. The van der Waals surface area contributed by atoms with Gasteiger partial charge in [0.25, 0.3) is 0 Å². The molecule has 12 aromatic carbocycles. The summed E-state index contributed by atoms with van der Waals surface area (Å²) >= 11 is 0. The number of aromatic nitrogens is 10. The molecule has 12 nitrogen and oxygen atoms in total. The largest absolute Gasteiger partial charge is 0.456 e. The Bertz CT molecular complexity index is 6520. The van der Waals surface area contributed by atoms with E-state index in [0.717, 1.165) is 148 Å². The van der Waals surface area contributed by atoms with E-state index in [2.05, 4.69) is 209 Å². The number of furan rings is 2. The topological polar surface area (TPSA) is 139 Å². The molecule has 0 amide bonds. The van der Waals surface area contributed by atoms with Gasteiger partial charge in [-0.15, -0.1) is 20.4 Å². The molecule has 0 N–H and O–H groups in total. The van der Waals surface area contributed by atoms with E-state index in [4.69, 9.17) is 49.2 Å². The third-order valence-corrected chi connectivity index (χ3v) is 18.5. The molecule has 0 saturated carbocycles. The SMILES string of the molecule is c1ccc(-c2ccc3c(c2)c2cc4ccccc4cc2n3-c2nnc(-c3ccc4c(c3)oc3cc(-c5ccc(-c6cccc7c6c6cc8ccccc8cc6n7-c6nnc(-c7ccc8oc9ccccc9c8c7)c7nccnc67)cc5)ccc34)c3nccnc23)cc1. The third kappa shape index (κ3) is 7.52. The van der Waals surface area contributed by atoms with Crippen molar-refractivity contribution < 1.29 is 8.83 Å². The molecule has 0 saturated heterocycles. The number of hydrogen-bond donors (Lipinski definition) is 0. The molecule has 0 fully saturated rings. The zero-order valence-corrected chi connectivity index (χ0v) is 48.7. The molecule has 20 aromatic rings. The molecule has 0 spiro atoms. The van der Waals surface area contributed by atoms with Gasteiger partial charge in [-0.05, 0) is 146 Å². The molecule has 0 aliphatic heterocycles. The normalized spacial score (nSPS) is 12.1. The minimum atomic E-state index is 0.598. The summed E-state index contributed by atoms with van der Waals surface area (Å²) in [6.07, 6.45) is 6.89. The number of benzene rings is 12. The predicted molar refractivity (Wildman–Crippen MR) is 369 cm³/mol. The van der Waals surface area contributed by atoms with Gasteiger partial charge in [0, 0.05) is 79.0 Å². The average Bonchev–Trinajstić information content (AvgIpc) is 1.56. The first kappa shape index (κ1) is 50.2. The van der Waals surface area contributed by atoms with E-state index in [9.17, 15) is 0 Å². The minimum Gasteiger partial charge on any atom is -0.456 e. The molecular formula is C80H44N10O2. The zero-order valence-electron chi connectivity index (χ0n) is 48.7. The van der Waals surface area contributed by atoms with Gasteiger partial charge in [-0.1, -0.05) is 152 Å². The Kier molecular flexibility index (Phi) is 10.6. The van der Waals surface area contributed by atoms with Crippen molar-refractivity contribution in [2.75, 3.05) is 0 Å². The molecule has 426 valence electrons. The Morgan fingerprint density at radius 2 is 0.717 bits per heavy atom. The Labute approximate surface area is 521 Å². The molecule has 0 atom stereocenters. The Hall–Kier alpha value is -12.8. The van der Waals surface area contributed by atoms with Crippen molar-refractivity contribution in [3.63, 3.8) is 0 Å². The van der Waals surface area contributed by atoms with Crippen LogP contribution in [0.1, 0.15) is 0 Å². The van der Waals surface area contributed by atoms with E-state index in [1.165, 1.54) is 5.39 Å². The van der Waals surface area contributed by atoms with Crippen LogP contribution in [0.15, 0.2) is 276 Å². The van der Waals surface area contributed by atoms with Gasteiger partial charge >= 0.3 is 0 Å². The number of nitrogens with zero attached hydrogens (tertiary/aromatic N) is 10. The molecule has 0 unspecified atom stereocenters. The Balaban J connectivity index is 0.660. The number of rotatable bonds is 7. The maximum absolute atomic E-state index is 6.77. The van der Waals surface area contributed by atoms with Gasteiger partial charge in [-0.2, -0.15) is 0 Å². The second-order valence-corrected chi connectivity index (χ2v) is 23.6. The monoisotopic (exact) mass is 1180 g/mol. The van der Waals surface area contributed by atoms with Crippen LogP contribution < -0.4 is 0 Å². The van der Waals surface area contributed by atoms with Gasteiger partial charge in [0.2, 0.25) is 0 Å². The van der Waals surface area contributed by atoms with Gasteiger partial charge in [-0.3, -0.25) is 19.1 Å². The summed E-state index contributed by atoms with van der Waals surface area (Å²) < 4.78 is 17.3. The van der Waals surface area contributed by atoms with E-state index >= 15 is 0 Å². The lowest BCUT2D eigenvalue weighted by molar-refractivity contribution is 0.668. The summed E-state index contributed by atoms with van der Waals surface area (Å²) in [5.74, 6) is 1.21. The van der Waals surface area contributed by atoms with Crippen LogP contribution in [0.2, 0.25) is 0 Å². The summed E-state index contributed by atoms with van der Waals surface area (Å²) in [7, 11) is 0. The number of para-hydroxylation sites is 1. The molecule has 0 aliphatic rings. The van der Waals surface area contributed by atoms with E-state index in [1.807, 2.05) is 42.5 Å². The van der Waals surface area contributed by atoms with Gasteiger partial charge in [0.15, 0.2) is 11.6 Å². The first-order chi connectivity index (χ1) is 45.6. The smallest absolute Gasteiger partial charge is 0.188 e. The Morgan fingerprint density at radius 3 is 1.42 bits per heavy atom. The van der Waals surface area contributed by atoms with E-state index in [1.54, 1.807) is 24.8 Å². The lowest BCUT2D eigenvalue weighted by Gasteiger charge is -2.12. The predicted octanol–water partition coefficient (Wildman–Crippen LogP) is 19.8. The van der Waals surface area contributed by atoms with Crippen molar-refractivity contribution in [3.8, 4) is 67.5 Å².